The van der Waals surface area contributed by atoms with E-state index in [2.05, 4.69) is 10.6 Å². The summed E-state index contributed by atoms with van der Waals surface area (Å²) in [6.07, 6.45) is 0. The minimum atomic E-state index is -0.480. The predicted octanol–water partition coefficient (Wildman–Crippen LogP) is 3.77. The lowest BCUT2D eigenvalue weighted by Gasteiger charge is -2.15. The van der Waals surface area contributed by atoms with E-state index in [-0.39, 0.29) is 24.2 Å². The summed E-state index contributed by atoms with van der Waals surface area (Å²) in [5.41, 5.74) is 1.27. The third-order valence-electron chi connectivity index (χ3n) is 3.05. The van der Waals surface area contributed by atoms with Crippen molar-refractivity contribution in [1.29, 1.82) is 0 Å². The van der Waals surface area contributed by atoms with Crippen LogP contribution in [0.15, 0.2) is 48.5 Å². The molecule has 0 aliphatic heterocycles. The number of hydrogen-bond donors (Lipinski definition) is 2. The molecule has 0 saturated heterocycles. The number of carbonyl (C=O) groups excluding carboxylic acids is 1. The van der Waals surface area contributed by atoms with E-state index in [1.165, 1.54) is 12.1 Å². The Morgan fingerprint density at radius 1 is 1.24 bits per heavy atom. The Labute approximate surface area is 128 Å². The number of carbonyl (C=O) groups is 1. The van der Waals surface area contributed by atoms with Crippen molar-refractivity contribution < 1.29 is 9.18 Å². The van der Waals surface area contributed by atoms with Gasteiger partial charge in [0.15, 0.2) is 0 Å². The molecule has 2 aromatic rings. The lowest BCUT2D eigenvalue weighted by atomic mass is 10.1. The van der Waals surface area contributed by atoms with Crippen LogP contribution in [-0.2, 0) is 4.79 Å². The van der Waals surface area contributed by atoms with Crippen LogP contribution in [0, 0.1) is 5.82 Å². The second-order valence-corrected chi connectivity index (χ2v) is 5.11. The minimum Gasteiger partial charge on any atom is -0.374 e. The Balaban J connectivity index is 1.87. The Kier molecular flexibility index (Phi) is 5.17. The molecule has 0 radical (unpaired) electrons. The number of amides is 1. The highest BCUT2D eigenvalue weighted by Crippen LogP contribution is 2.18. The fourth-order valence-corrected chi connectivity index (χ4v) is 2.08. The lowest BCUT2D eigenvalue weighted by molar-refractivity contribution is -0.120. The summed E-state index contributed by atoms with van der Waals surface area (Å²) in [6, 6.07) is 13.8. The summed E-state index contributed by atoms with van der Waals surface area (Å²) >= 11 is 5.67. The van der Waals surface area contributed by atoms with E-state index in [4.69, 9.17) is 11.6 Å². The number of anilines is 1. The normalized spacial score (nSPS) is 11.8. The predicted molar refractivity (Wildman–Crippen MR) is 82.9 cm³/mol. The van der Waals surface area contributed by atoms with Crippen molar-refractivity contribution in [1.82, 2.24) is 5.32 Å². The van der Waals surface area contributed by atoms with Crippen molar-refractivity contribution in [2.24, 2.45) is 0 Å². The summed E-state index contributed by atoms with van der Waals surface area (Å²) in [5, 5.41) is 5.92. The van der Waals surface area contributed by atoms with Gasteiger partial charge in [-0.15, -0.1) is 0 Å². The van der Waals surface area contributed by atoms with E-state index < -0.39 is 5.82 Å². The van der Waals surface area contributed by atoms with Gasteiger partial charge >= 0.3 is 0 Å². The van der Waals surface area contributed by atoms with Crippen molar-refractivity contribution in [3.8, 4) is 0 Å². The number of rotatable bonds is 5. The molecule has 2 aromatic carbocycles. The fraction of sp³-hybridized carbons (Fsp3) is 0.188. The SMILES string of the molecule is CC(NC(=O)CNc1ccc(Cl)cc1F)c1ccccc1. The van der Waals surface area contributed by atoms with Crippen molar-refractivity contribution in [3.05, 3.63) is 64.9 Å². The Morgan fingerprint density at radius 2 is 1.95 bits per heavy atom. The van der Waals surface area contributed by atoms with Gasteiger partial charge in [0.05, 0.1) is 18.3 Å². The molecule has 0 aromatic heterocycles. The van der Waals surface area contributed by atoms with E-state index in [9.17, 15) is 9.18 Å². The van der Waals surface area contributed by atoms with Crippen LogP contribution in [0.3, 0.4) is 0 Å². The summed E-state index contributed by atoms with van der Waals surface area (Å²) in [4.78, 5) is 11.9. The number of nitrogens with one attached hydrogen (secondary N) is 2. The second-order valence-electron chi connectivity index (χ2n) is 4.68. The standard InChI is InChI=1S/C16H16ClFN2O/c1-11(12-5-3-2-4-6-12)20-16(21)10-19-15-8-7-13(17)9-14(15)18/h2-9,11,19H,10H2,1H3,(H,20,21). The molecule has 1 unspecified atom stereocenters. The van der Waals surface area contributed by atoms with Crippen molar-refractivity contribution in [2.75, 3.05) is 11.9 Å². The summed E-state index contributed by atoms with van der Waals surface area (Å²) in [5.74, 6) is -0.688. The molecule has 0 aliphatic carbocycles. The number of benzene rings is 2. The monoisotopic (exact) mass is 306 g/mol. The zero-order valence-corrected chi connectivity index (χ0v) is 12.3. The summed E-state index contributed by atoms with van der Waals surface area (Å²) < 4.78 is 13.5. The number of halogens is 2. The van der Waals surface area contributed by atoms with Crippen LogP contribution in [-0.4, -0.2) is 12.5 Å². The first-order valence-electron chi connectivity index (χ1n) is 6.59. The molecule has 110 valence electrons. The fourth-order valence-electron chi connectivity index (χ4n) is 1.93. The third-order valence-corrected chi connectivity index (χ3v) is 3.28. The molecule has 1 atom stereocenters. The van der Waals surface area contributed by atoms with Gasteiger partial charge in [0.25, 0.3) is 0 Å². The maximum absolute atomic E-state index is 13.5. The quantitative estimate of drug-likeness (QED) is 0.883. The lowest BCUT2D eigenvalue weighted by Crippen LogP contribution is -2.32. The van der Waals surface area contributed by atoms with Gasteiger partial charge in [0.1, 0.15) is 5.82 Å². The third kappa shape index (κ3) is 4.46. The first kappa shape index (κ1) is 15.3. The maximum atomic E-state index is 13.5. The highest BCUT2D eigenvalue weighted by molar-refractivity contribution is 6.30. The van der Waals surface area contributed by atoms with Gasteiger partial charge < -0.3 is 10.6 Å². The van der Waals surface area contributed by atoms with Gasteiger partial charge in [-0.1, -0.05) is 41.9 Å². The smallest absolute Gasteiger partial charge is 0.239 e. The van der Waals surface area contributed by atoms with Crippen LogP contribution in [0.25, 0.3) is 0 Å². The molecule has 2 N–H and O–H groups in total. The molecule has 1 amide bonds. The van der Waals surface area contributed by atoms with E-state index in [1.807, 2.05) is 37.3 Å². The van der Waals surface area contributed by atoms with Crippen molar-refractivity contribution in [3.63, 3.8) is 0 Å². The largest absolute Gasteiger partial charge is 0.374 e. The van der Waals surface area contributed by atoms with Crippen LogP contribution in [0.2, 0.25) is 5.02 Å². The molecule has 0 fully saturated rings. The molecule has 21 heavy (non-hydrogen) atoms. The Hall–Kier alpha value is -2.07. The van der Waals surface area contributed by atoms with Crippen molar-refractivity contribution >= 4 is 23.2 Å². The topological polar surface area (TPSA) is 41.1 Å². The molecule has 0 heterocycles. The zero-order valence-electron chi connectivity index (χ0n) is 11.6. The average molecular weight is 307 g/mol. The van der Waals surface area contributed by atoms with Crippen LogP contribution in [0.1, 0.15) is 18.5 Å². The molecule has 3 nitrogen and oxygen atoms in total. The average Bonchev–Trinajstić information content (AvgIpc) is 2.47. The van der Waals surface area contributed by atoms with Gasteiger partial charge in [0.2, 0.25) is 5.91 Å². The van der Waals surface area contributed by atoms with Crippen LogP contribution in [0.5, 0.6) is 0 Å². The maximum Gasteiger partial charge on any atom is 0.239 e. The van der Waals surface area contributed by atoms with Gasteiger partial charge in [0, 0.05) is 5.02 Å². The van der Waals surface area contributed by atoms with Gasteiger partial charge in [-0.2, -0.15) is 0 Å². The summed E-state index contributed by atoms with van der Waals surface area (Å²) in [7, 11) is 0. The Morgan fingerprint density at radius 3 is 2.62 bits per heavy atom. The second kappa shape index (κ2) is 7.09. The first-order valence-corrected chi connectivity index (χ1v) is 6.97. The summed E-state index contributed by atoms with van der Waals surface area (Å²) in [6.45, 7) is 1.89. The van der Waals surface area contributed by atoms with E-state index in [0.717, 1.165) is 5.56 Å². The number of hydrogen-bond acceptors (Lipinski definition) is 2. The molecule has 0 spiro atoms. The van der Waals surface area contributed by atoms with Gasteiger partial charge in [-0.3, -0.25) is 4.79 Å². The minimum absolute atomic E-state index is 0.00424. The molecule has 5 heteroatoms. The molecule has 0 aliphatic rings. The molecule has 0 bridgehead atoms. The molecular weight excluding hydrogens is 291 g/mol. The molecule has 0 saturated carbocycles. The van der Waals surface area contributed by atoms with Crippen LogP contribution >= 0.6 is 11.6 Å². The van der Waals surface area contributed by atoms with E-state index in [1.54, 1.807) is 6.07 Å². The Bertz CT molecular complexity index is 619. The zero-order chi connectivity index (χ0) is 15.2. The van der Waals surface area contributed by atoms with Crippen LogP contribution in [0.4, 0.5) is 10.1 Å². The van der Waals surface area contributed by atoms with Crippen LogP contribution < -0.4 is 10.6 Å². The highest BCUT2D eigenvalue weighted by Gasteiger charge is 2.10. The first-order chi connectivity index (χ1) is 10.1. The van der Waals surface area contributed by atoms with E-state index >= 15 is 0 Å². The van der Waals surface area contributed by atoms with Gasteiger partial charge in [-0.25, -0.2) is 4.39 Å². The molecule has 2 rings (SSSR count). The van der Waals surface area contributed by atoms with Gasteiger partial charge in [-0.05, 0) is 30.7 Å². The molecular formula is C16H16ClFN2O. The highest BCUT2D eigenvalue weighted by atomic mass is 35.5. The van der Waals surface area contributed by atoms with Crippen molar-refractivity contribution in [2.45, 2.75) is 13.0 Å². The van der Waals surface area contributed by atoms with E-state index in [0.29, 0.717) is 5.02 Å².